The van der Waals surface area contributed by atoms with Crippen molar-refractivity contribution in [1.82, 2.24) is 14.8 Å². The zero-order valence-electron chi connectivity index (χ0n) is 11.3. The van der Waals surface area contributed by atoms with Gasteiger partial charge in [-0.15, -0.1) is 0 Å². The first-order valence-electron chi connectivity index (χ1n) is 6.06. The lowest BCUT2D eigenvalue weighted by molar-refractivity contribution is 0.395. The number of nitrogens with two attached hydrogens (primary N) is 1. The van der Waals surface area contributed by atoms with Crippen LogP contribution in [-0.4, -0.2) is 29.0 Å². The van der Waals surface area contributed by atoms with E-state index < -0.39 is 0 Å². The highest BCUT2D eigenvalue weighted by Gasteiger charge is 2.22. The highest BCUT2D eigenvalue weighted by molar-refractivity contribution is 5.41. The van der Waals surface area contributed by atoms with Gasteiger partial charge in [-0.25, -0.2) is 0 Å². The van der Waals surface area contributed by atoms with Crippen molar-refractivity contribution in [2.75, 3.05) is 14.2 Å². The predicted molar refractivity (Wildman–Crippen MR) is 71.3 cm³/mol. The van der Waals surface area contributed by atoms with Crippen LogP contribution in [0.3, 0.4) is 0 Å². The fourth-order valence-corrected chi connectivity index (χ4v) is 2.07. The van der Waals surface area contributed by atoms with Gasteiger partial charge in [0.15, 0.2) is 5.75 Å². The molecule has 2 aromatic rings. The minimum absolute atomic E-state index is 0.379. The van der Waals surface area contributed by atoms with Crippen LogP contribution in [0.15, 0.2) is 24.7 Å². The topological polar surface area (TPSA) is 75.2 Å². The fraction of sp³-hybridized carbons (Fsp3) is 0.385. The maximum Gasteiger partial charge on any atom is 0.161 e. The maximum atomic E-state index is 6.34. The molecule has 0 amide bonds. The second-order valence-corrected chi connectivity index (χ2v) is 4.01. The number of methoxy groups -OCH3 is 2. The molecule has 0 fully saturated rings. The van der Waals surface area contributed by atoms with Crippen molar-refractivity contribution in [3.8, 4) is 11.5 Å². The number of rotatable bonds is 5. The molecule has 2 heterocycles. The van der Waals surface area contributed by atoms with E-state index in [1.165, 1.54) is 0 Å². The van der Waals surface area contributed by atoms with E-state index in [2.05, 4.69) is 10.1 Å². The van der Waals surface area contributed by atoms with Crippen LogP contribution in [0.2, 0.25) is 0 Å². The van der Waals surface area contributed by atoms with Gasteiger partial charge in [-0.3, -0.25) is 9.67 Å². The molecule has 0 radical (unpaired) electrons. The summed E-state index contributed by atoms with van der Waals surface area (Å²) in [6.45, 7) is 2.73. The number of nitrogens with zero attached hydrogens (tertiary/aromatic N) is 3. The van der Waals surface area contributed by atoms with Gasteiger partial charge in [0.05, 0.1) is 32.7 Å². The van der Waals surface area contributed by atoms with Gasteiger partial charge in [-0.2, -0.15) is 5.10 Å². The van der Waals surface area contributed by atoms with Crippen LogP contribution in [0.25, 0.3) is 0 Å². The van der Waals surface area contributed by atoms with Gasteiger partial charge in [0.2, 0.25) is 0 Å². The average molecular weight is 262 g/mol. The number of hydrogen-bond donors (Lipinski definition) is 1. The van der Waals surface area contributed by atoms with Crippen molar-refractivity contribution in [2.24, 2.45) is 5.73 Å². The van der Waals surface area contributed by atoms with E-state index in [4.69, 9.17) is 15.2 Å². The lowest BCUT2D eigenvalue weighted by Gasteiger charge is -2.17. The Morgan fingerprint density at radius 1 is 1.26 bits per heavy atom. The SMILES string of the molecule is CCn1ncc(OC)c1C(N)c1ccncc1OC. The van der Waals surface area contributed by atoms with Crippen molar-refractivity contribution < 1.29 is 9.47 Å². The van der Waals surface area contributed by atoms with E-state index in [9.17, 15) is 0 Å². The first kappa shape index (κ1) is 13.4. The third-order valence-electron chi connectivity index (χ3n) is 3.03. The molecule has 0 spiro atoms. The second kappa shape index (κ2) is 5.71. The zero-order valence-corrected chi connectivity index (χ0v) is 11.3. The highest BCUT2D eigenvalue weighted by Crippen LogP contribution is 2.32. The zero-order chi connectivity index (χ0) is 13.8. The normalized spacial score (nSPS) is 12.2. The van der Waals surface area contributed by atoms with Crippen LogP contribution in [0.5, 0.6) is 11.5 Å². The summed E-state index contributed by atoms with van der Waals surface area (Å²) in [5, 5.41) is 4.26. The summed E-state index contributed by atoms with van der Waals surface area (Å²) in [6.07, 6.45) is 5.01. The summed E-state index contributed by atoms with van der Waals surface area (Å²) >= 11 is 0. The Bertz CT molecular complexity index is 532. The van der Waals surface area contributed by atoms with Crippen molar-refractivity contribution >= 4 is 0 Å². The lowest BCUT2D eigenvalue weighted by atomic mass is 10.0. The number of aromatic nitrogens is 3. The summed E-state index contributed by atoms with van der Waals surface area (Å²) in [5.41, 5.74) is 8.02. The Balaban J connectivity index is 2.49. The van der Waals surface area contributed by atoms with E-state index in [-0.39, 0.29) is 6.04 Å². The minimum atomic E-state index is -0.379. The molecule has 102 valence electrons. The molecule has 0 saturated heterocycles. The molecule has 2 aromatic heterocycles. The van der Waals surface area contributed by atoms with E-state index in [0.29, 0.717) is 11.5 Å². The molecule has 0 bridgehead atoms. The molecule has 0 aromatic carbocycles. The van der Waals surface area contributed by atoms with Crippen molar-refractivity contribution in [2.45, 2.75) is 19.5 Å². The van der Waals surface area contributed by atoms with Crippen molar-refractivity contribution in [1.29, 1.82) is 0 Å². The third-order valence-corrected chi connectivity index (χ3v) is 3.03. The molecule has 1 atom stereocenters. The molecular formula is C13H18N4O2. The summed E-state index contributed by atoms with van der Waals surface area (Å²) in [5.74, 6) is 1.33. The molecule has 1 unspecified atom stereocenters. The minimum Gasteiger partial charge on any atom is -0.495 e. The van der Waals surface area contributed by atoms with E-state index in [1.54, 1.807) is 32.8 Å². The summed E-state index contributed by atoms with van der Waals surface area (Å²) in [6, 6.07) is 1.46. The van der Waals surface area contributed by atoms with Gasteiger partial charge in [0.1, 0.15) is 11.4 Å². The van der Waals surface area contributed by atoms with Crippen LogP contribution in [0.4, 0.5) is 0 Å². The van der Waals surface area contributed by atoms with Crippen LogP contribution in [-0.2, 0) is 6.54 Å². The van der Waals surface area contributed by atoms with Gasteiger partial charge in [-0.1, -0.05) is 0 Å². The molecular weight excluding hydrogens is 244 g/mol. The predicted octanol–water partition coefficient (Wildman–Crippen LogP) is 1.36. The van der Waals surface area contributed by atoms with Crippen molar-refractivity contribution in [3.63, 3.8) is 0 Å². The number of aryl methyl sites for hydroxylation is 1. The van der Waals surface area contributed by atoms with Gasteiger partial charge < -0.3 is 15.2 Å². The van der Waals surface area contributed by atoms with Gasteiger partial charge >= 0.3 is 0 Å². The largest absolute Gasteiger partial charge is 0.495 e. The third kappa shape index (κ3) is 2.39. The van der Waals surface area contributed by atoms with Crippen LogP contribution in [0, 0.1) is 0 Å². The molecule has 19 heavy (non-hydrogen) atoms. The molecule has 0 aliphatic heterocycles. The van der Waals surface area contributed by atoms with Gasteiger partial charge in [0.25, 0.3) is 0 Å². The molecule has 2 N–H and O–H groups in total. The Hall–Kier alpha value is -2.08. The maximum absolute atomic E-state index is 6.34. The van der Waals surface area contributed by atoms with Crippen LogP contribution >= 0.6 is 0 Å². The monoisotopic (exact) mass is 262 g/mol. The second-order valence-electron chi connectivity index (χ2n) is 4.01. The average Bonchev–Trinajstić information content (AvgIpc) is 2.89. The highest BCUT2D eigenvalue weighted by atomic mass is 16.5. The summed E-state index contributed by atoms with van der Waals surface area (Å²) in [7, 11) is 3.21. The molecule has 0 aliphatic rings. The number of pyridine rings is 1. The van der Waals surface area contributed by atoms with Gasteiger partial charge in [0, 0.05) is 18.3 Å². The van der Waals surface area contributed by atoms with Crippen LogP contribution in [0.1, 0.15) is 24.2 Å². The first-order valence-corrected chi connectivity index (χ1v) is 6.06. The Kier molecular flexibility index (Phi) is 4.01. The molecule has 0 saturated carbocycles. The fourth-order valence-electron chi connectivity index (χ4n) is 2.07. The Labute approximate surface area is 112 Å². The first-order chi connectivity index (χ1) is 9.22. The van der Waals surface area contributed by atoms with E-state index >= 15 is 0 Å². The Morgan fingerprint density at radius 2 is 2.00 bits per heavy atom. The Morgan fingerprint density at radius 3 is 2.63 bits per heavy atom. The quantitative estimate of drug-likeness (QED) is 0.880. The molecule has 6 heteroatoms. The molecule has 0 aliphatic carbocycles. The van der Waals surface area contributed by atoms with Gasteiger partial charge in [-0.05, 0) is 13.0 Å². The molecule has 6 nitrogen and oxygen atoms in total. The summed E-state index contributed by atoms with van der Waals surface area (Å²) in [4.78, 5) is 4.03. The molecule has 2 rings (SSSR count). The van der Waals surface area contributed by atoms with Crippen molar-refractivity contribution in [3.05, 3.63) is 35.9 Å². The van der Waals surface area contributed by atoms with E-state index in [0.717, 1.165) is 17.8 Å². The lowest BCUT2D eigenvalue weighted by Crippen LogP contribution is -2.18. The standard InChI is InChI=1S/C13H18N4O2/c1-4-17-13(11(19-3)8-16-17)12(14)9-5-6-15-7-10(9)18-2/h5-8,12H,4,14H2,1-3H3. The summed E-state index contributed by atoms with van der Waals surface area (Å²) < 4.78 is 12.4. The number of ether oxygens (including phenoxy) is 2. The van der Waals surface area contributed by atoms with Crippen LogP contribution < -0.4 is 15.2 Å². The number of hydrogen-bond acceptors (Lipinski definition) is 5. The van der Waals surface area contributed by atoms with E-state index in [1.807, 2.05) is 17.7 Å². The smallest absolute Gasteiger partial charge is 0.161 e.